The zero-order valence-electron chi connectivity index (χ0n) is 20.0. The molecule has 34 heavy (non-hydrogen) atoms. The third kappa shape index (κ3) is 4.18. The number of methoxy groups -OCH3 is 3. The molecule has 1 aliphatic carbocycles. The maximum Gasteiger partial charge on any atom is 0.336 e. The molecule has 0 fully saturated rings. The molecule has 2 aromatic rings. The number of carbonyl (C=O) groups excluding carboxylic acids is 2. The van der Waals surface area contributed by atoms with Gasteiger partial charge in [-0.25, -0.2) is 4.79 Å². The van der Waals surface area contributed by atoms with E-state index in [9.17, 15) is 9.59 Å². The van der Waals surface area contributed by atoms with E-state index in [0.717, 1.165) is 5.70 Å². The zero-order chi connectivity index (χ0) is 24.4. The maximum atomic E-state index is 13.7. The normalized spacial score (nSPS) is 20.0. The Kier molecular flexibility index (Phi) is 6.97. The van der Waals surface area contributed by atoms with Gasteiger partial charge in [-0.3, -0.25) is 4.79 Å². The zero-order valence-corrected chi connectivity index (χ0v) is 20.8. The monoisotopic (exact) mass is 483 g/mol. The number of ether oxygens (including phenoxy) is 4. The topological polar surface area (TPSA) is 83.1 Å². The molecule has 8 heteroatoms. The summed E-state index contributed by atoms with van der Waals surface area (Å²) in [5.41, 5.74) is 3.13. The Morgan fingerprint density at radius 3 is 2.41 bits per heavy atom. The van der Waals surface area contributed by atoms with Crippen molar-refractivity contribution in [1.29, 1.82) is 0 Å². The smallest absolute Gasteiger partial charge is 0.336 e. The first kappa shape index (κ1) is 23.9. The molecule has 180 valence electrons. The van der Waals surface area contributed by atoms with Crippen molar-refractivity contribution < 1.29 is 28.5 Å². The Bertz CT molecular complexity index is 1160. The van der Waals surface area contributed by atoms with Crippen LogP contribution in [0.4, 0.5) is 0 Å². The lowest BCUT2D eigenvalue weighted by molar-refractivity contribution is -0.138. The largest absolute Gasteiger partial charge is 0.496 e. The molecule has 1 aromatic carbocycles. The second-order valence-electron chi connectivity index (χ2n) is 8.20. The molecule has 1 N–H and O–H groups in total. The Morgan fingerprint density at radius 2 is 1.79 bits per heavy atom. The highest BCUT2D eigenvalue weighted by molar-refractivity contribution is 7.10. The summed E-state index contributed by atoms with van der Waals surface area (Å²) in [6.45, 7) is 3.83. The summed E-state index contributed by atoms with van der Waals surface area (Å²) in [7, 11) is 4.65. The summed E-state index contributed by atoms with van der Waals surface area (Å²) in [5, 5.41) is 5.39. The van der Waals surface area contributed by atoms with Gasteiger partial charge < -0.3 is 24.3 Å². The van der Waals surface area contributed by atoms with Gasteiger partial charge in [0.1, 0.15) is 5.75 Å². The van der Waals surface area contributed by atoms with E-state index in [-0.39, 0.29) is 18.3 Å². The predicted molar refractivity (Wildman–Crippen MR) is 130 cm³/mol. The number of benzene rings is 1. The summed E-state index contributed by atoms with van der Waals surface area (Å²) < 4.78 is 22.1. The fraction of sp³-hybridized carbons (Fsp3) is 0.385. The molecule has 0 amide bonds. The van der Waals surface area contributed by atoms with Crippen LogP contribution >= 0.6 is 11.3 Å². The number of rotatable bonds is 7. The number of hydrogen-bond acceptors (Lipinski definition) is 8. The maximum absolute atomic E-state index is 13.7. The van der Waals surface area contributed by atoms with Crippen molar-refractivity contribution in [2.24, 2.45) is 0 Å². The van der Waals surface area contributed by atoms with Gasteiger partial charge in [0.2, 0.25) is 0 Å². The van der Waals surface area contributed by atoms with Crippen molar-refractivity contribution in [2.75, 3.05) is 27.9 Å². The van der Waals surface area contributed by atoms with Crippen molar-refractivity contribution >= 4 is 23.1 Å². The lowest BCUT2D eigenvalue weighted by Gasteiger charge is -2.37. The first-order valence-corrected chi connectivity index (χ1v) is 12.1. The number of carbonyl (C=O) groups is 2. The van der Waals surface area contributed by atoms with Crippen molar-refractivity contribution in [3.63, 3.8) is 0 Å². The quantitative estimate of drug-likeness (QED) is 0.572. The van der Waals surface area contributed by atoms with Crippen LogP contribution in [0.15, 0.2) is 52.2 Å². The van der Waals surface area contributed by atoms with Gasteiger partial charge in [0.05, 0.1) is 39.4 Å². The number of dihydropyridines is 1. The molecule has 2 atom stereocenters. The molecule has 2 heterocycles. The average molecular weight is 484 g/mol. The molecule has 2 aliphatic rings. The Labute approximate surface area is 203 Å². The van der Waals surface area contributed by atoms with Gasteiger partial charge in [0.15, 0.2) is 17.3 Å². The van der Waals surface area contributed by atoms with Crippen LogP contribution in [0.2, 0.25) is 0 Å². The van der Waals surface area contributed by atoms with Gasteiger partial charge >= 0.3 is 5.97 Å². The van der Waals surface area contributed by atoms with Gasteiger partial charge in [0, 0.05) is 45.8 Å². The summed E-state index contributed by atoms with van der Waals surface area (Å²) in [6, 6.07) is 7.57. The van der Waals surface area contributed by atoms with E-state index in [1.807, 2.05) is 18.4 Å². The van der Waals surface area contributed by atoms with Gasteiger partial charge in [0.25, 0.3) is 0 Å². The first-order chi connectivity index (χ1) is 16.4. The third-order valence-electron chi connectivity index (χ3n) is 6.32. The van der Waals surface area contributed by atoms with Crippen molar-refractivity contribution in [1.82, 2.24) is 5.32 Å². The molecule has 4 rings (SSSR count). The summed E-state index contributed by atoms with van der Waals surface area (Å²) >= 11 is 1.66. The summed E-state index contributed by atoms with van der Waals surface area (Å²) in [5.74, 6) is 0.471. The second kappa shape index (κ2) is 9.93. The molecule has 0 unspecified atom stereocenters. The third-order valence-corrected chi connectivity index (χ3v) is 7.35. The predicted octanol–water partition coefficient (Wildman–Crippen LogP) is 4.70. The number of Topliss-reactive ketones (excluding diaryl/α,β-unsaturated/α-hetero) is 1. The van der Waals surface area contributed by atoms with Crippen LogP contribution in [0.5, 0.6) is 17.2 Å². The molecule has 1 aromatic heterocycles. The second-order valence-corrected chi connectivity index (χ2v) is 9.18. The number of esters is 1. The minimum atomic E-state index is -0.651. The van der Waals surface area contributed by atoms with Crippen LogP contribution in [0.25, 0.3) is 0 Å². The average Bonchev–Trinajstić information content (AvgIpc) is 3.37. The van der Waals surface area contributed by atoms with Crippen molar-refractivity contribution in [3.05, 3.63) is 62.6 Å². The van der Waals surface area contributed by atoms with Crippen LogP contribution in [0, 0.1) is 0 Å². The van der Waals surface area contributed by atoms with Gasteiger partial charge in [-0.2, -0.15) is 0 Å². The number of allylic oxidation sites excluding steroid dienone is 3. The van der Waals surface area contributed by atoms with E-state index in [2.05, 4.69) is 11.4 Å². The molecule has 0 bridgehead atoms. The molecule has 0 saturated carbocycles. The highest BCUT2D eigenvalue weighted by Gasteiger charge is 2.43. The van der Waals surface area contributed by atoms with Gasteiger partial charge in [-0.1, -0.05) is 6.07 Å². The van der Waals surface area contributed by atoms with E-state index in [1.54, 1.807) is 51.7 Å². The molecular formula is C26H29NO6S. The first-order valence-electron chi connectivity index (χ1n) is 11.2. The number of ketones is 1. The number of thiophene rings is 1. The number of nitrogens with one attached hydrogen (secondary N) is 1. The molecule has 7 nitrogen and oxygen atoms in total. The van der Waals surface area contributed by atoms with E-state index in [4.69, 9.17) is 18.9 Å². The number of hydrogen-bond donors (Lipinski definition) is 1. The van der Waals surface area contributed by atoms with Gasteiger partial charge in [-0.05, 0) is 37.8 Å². The van der Waals surface area contributed by atoms with Crippen molar-refractivity contribution in [2.45, 2.75) is 38.5 Å². The standard InChI is InChI=1S/C26H29NO6S/c1-6-33-26(29)23-14(2)27-17-10-15(22-8-7-9-34-22)11-18(28)25(17)24(23)16-12-20(31-4)21(32-5)13-19(16)30-3/h7-9,12-13,15,24,27H,6,10-11H2,1-5H3/t15-,24-/m1/s1. The highest BCUT2D eigenvalue weighted by atomic mass is 32.1. The van der Waals surface area contributed by atoms with Crippen LogP contribution in [-0.2, 0) is 14.3 Å². The Hall–Kier alpha value is -3.26. The van der Waals surface area contributed by atoms with Crippen molar-refractivity contribution in [3.8, 4) is 17.2 Å². The van der Waals surface area contributed by atoms with E-state index < -0.39 is 11.9 Å². The molecular weight excluding hydrogens is 454 g/mol. The van der Waals surface area contributed by atoms with Crippen LogP contribution < -0.4 is 19.5 Å². The van der Waals surface area contributed by atoms with Crippen LogP contribution in [0.1, 0.15) is 49.0 Å². The van der Waals surface area contributed by atoms with Gasteiger partial charge in [-0.15, -0.1) is 11.3 Å². The van der Waals surface area contributed by atoms with Crippen LogP contribution in [0.3, 0.4) is 0 Å². The minimum absolute atomic E-state index is 0.00304. The summed E-state index contributed by atoms with van der Waals surface area (Å²) in [6.07, 6.45) is 1.06. The minimum Gasteiger partial charge on any atom is -0.496 e. The van der Waals surface area contributed by atoms with E-state index in [1.165, 1.54) is 4.88 Å². The lowest BCUT2D eigenvalue weighted by atomic mass is 9.72. The molecule has 0 saturated heterocycles. The lowest BCUT2D eigenvalue weighted by Crippen LogP contribution is -2.36. The molecule has 0 spiro atoms. The SMILES string of the molecule is CCOC(=O)C1=C(C)NC2=C(C(=O)C[C@H](c3cccs3)C2)[C@@H]1c1cc(OC)c(OC)cc1OC. The highest BCUT2D eigenvalue weighted by Crippen LogP contribution is 2.50. The summed E-state index contributed by atoms with van der Waals surface area (Å²) in [4.78, 5) is 28.0. The molecule has 1 aliphatic heterocycles. The van der Waals surface area contributed by atoms with E-state index in [0.29, 0.717) is 52.5 Å². The van der Waals surface area contributed by atoms with Crippen LogP contribution in [-0.4, -0.2) is 39.7 Å². The Morgan fingerprint density at radius 1 is 1.09 bits per heavy atom. The molecule has 0 radical (unpaired) electrons. The fourth-order valence-electron chi connectivity index (χ4n) is 4.83. The fourth-order valence-corrected chi connectivity index (χ4v) is 5.66. The van der Waals surface area contributed by atoms with E-state index >= 15 is 0 Å². The Balaban J connectivity index is 1.91.